The number of fused-ring (bicyclic) bond motifs is 1. The van der Waals surface area contributed by atoms with E-state index in [1.165, 1.54) is 12.1 Å². The van der Waals surface area contributed by atoms with Crippen molar-refractivity contribution in [3.8, 4) is 0 Å². The molecule has 9 nitrogen and oxygen atoms in total. The van der Waals surface area contributed by atoms with Crippen molar-refractivity contribution in [2.75, 3.05) is 6.54 Å². The Hall–Kier alpha value is -4.29. The van der Waals surface area contributed by atoms with E-state index in [9.17, 15) is 37.5 Å². The number of carbonyl (C=O) groups excluding carboxylic acids is 3. The number of rotatable bonds is 9. The van der Waals surface area contributed by atoms with Gasteiger partial charge in [-0.1, -0.05) is 59.6 Å². The Bertz CT molecular complexity index is 1540. The van der Waals surface area contributed by atoms with Crippen molar-refractivity contribution >= 4 is 47.0 Å². The van der Waals surface area contributed by atoms with Crippen LogP contribution in [0.5, 0.6) is 0 Å². The number of alkyl halides is 3. The van der Waals surface area contributed by atoms with Gasteiger partial charge in [0.15, 0.2) is 0 Å². The maximum Gasteiger partial charge on any atom is 0.416 e. The molecule has 1 aliphatic carbocycles. The summed E-state index contributed by atoms with van der Waals surface area (Å²) in [5.41, 5.74) is 1.05. The van der Waals surface area contributed by atoms with Crippen LogP contribution in [-0.2, 0) is 23.9 Å². The van der Waals surface area contributed by atoms with Gasteiger partial charge in [-0.25, -0.2) is 9.59 Å². The van der Waals surface area contributed by atoms with Crippen LogP contribution in [0.2, 0.25) is 10.0 Å². The third-order valence-corrected chi connectivity index (χ3v) is 7.34. The largest absolute Gasteiger partial charge is 0.480 e. The van der Waals surface area contributed by atoms with Gasteiger partial charge in [0.1, 0.15) is 6.04 Å². The molecule has 0 bridgehead atoms. The molecule has 5 N–H and O–H groups in total. The molecule has 0 spiro atoms. The normalized spacial score (nSPS) is 14.8. The Balaban J connectivity index is 1.35. The third kappa shape index (κ3) is 7.96. The molecule has 3 aromatic rings. The Morgan fingerprint density at radius 2 is 1.63 bits per heavy atom. The average Bonchev–Trinajstić information content (AvgIpc) is 3.35. The minimum Gasteiger partial charge on any atom is -0.480 e. The molecule has 0 fully saturated rings. The molecule has 4 rings (SSSR count). The standard InChI is InChI=1S/C29H25Cl2F3N4O5/c30-20-11-17(25(39)35-13-15-4-3-6-18(10-15)29(32,33)34)12-21(31)24(20)26(40)37-23(27(41)42)14-36-28(43)38-22-9-8-16-5-1-2-7-19(16)22/h1-7,10-12,22-23H,8-9,13-14H2,(H,35,39)(H,37,40)(H,41,42)(H2,36,38,43)/t22-,23+/m1/s1. The van der Waals surface area contributed by atoms with E-state index in [1.807, 2.05) is 24.3 Å². The van der Waals surface area contributed by atoms with Gasteiger partial charge in [-0.3, -0.25) is 9.59 Å². The van der Waals surface area contributed by atoms with E-state index in [0.29, 0.717) is 6.42 Å². The number of aliphatic carboxylic acids is 1. The molecule has 14 heteroatoms. The van der Waals surface area contributed by atoms with E-state index >= 15 is 0 Å². The summed E-state index contributed by atoms with van der Waals surface area (Å²) in [5.74, 6) is -3.13. The quantitative estimate of drug-likeness (QED) is 0.222. The number of carboxylic acids is 1. The first kappa shape index (κ1) is 31.6. The SMILES string of the molecule is O=C(NC[C@H](NC(=O)c1c(Cl)cc(C(=O)NCc2cccc(C(F)(F)F)c2)cc1Cl)C(=O)O)N[C@@H]1CCc2ccccc21. The molecule has 3 aromatic carbocycles. The number of aryl methyl sites for hydroxylation is 1. The molecular formula is C29H25Cl2F3N4O5. The van der Waals surface area contributed by atoms with Crippen LogP contribution in [0.25, 0.3) is 0 Å². The summed E-state index contributed by atoms with van der Waals surface area (Å²) < 4.78 is 38.8. The van der Waals surface area contributed by atoms with Gasteiger partial charge in [0.25, 0.3) is 11.8 Å². The molecule has 226 valence electrons. The summed E-state index contributed by atoms with van der Waals surface area (Å²) in [6, 6.07) is 11.9. The molecule has 0 aromatic heterocycles. The summed E-state index contributed by atoms with van der Waals surface area (Å²) >= 11 is 12.4. The first-order chi connectivity index (χ1) is 20.3. The number of hydrogen-bond donors (Lipinski definition) is 5. The molecular weight excluding hydrogens is 612 g/mol. The molecule has 2 atom stereocenters. The molecule has 0 saturated heterocycles. The van der Waals surface area contributed by atoms with E-state index in [0.717, 1.165) is 41.8 Å². The van der Waals surface area contributed by atoms with Gasteiger partial charge in [-0.2, -0.15) is 13.2 Å². The van der Waals surface area contributed by atoms with E-state index in [2.05, 4.69) is 21.3 Å². The second-order valence-electron chi connectivity index (χ2n) is 9.70. The maximum absolute atomic E-state index is 12.9. The van der Waals surface area contributed by atoms with E-state index in [4.69, 9.17) is 23.2 Å². The Labute approximate surface area is 253 Å². The second kappa shape index (κ2) is 13.3. The lowest BCUT2D eigenvalue weighted by Gasteiger charge is -2.19. The highest BCUT2D eigenvalue weighted by molar-refractivity contribution is 6.40. The van der Waals surface area contributed by atoms with E-state index < -0.39 is 48.1 Å². The average molecular weight is 637 g/mol. The van der Waals surface area contributed by atoms with Crippen LogP contribution in [0, 0.1) is 0 Å². The predicted octanol–water partition coefficient (Wildman–Crippen LogP) is 5.11. The fraction of sp³-hybridized carbons (Fsp3) is 0.241. The van der Waals surface area contributed by atoms with Crippen molar-refractivity contribution in [1.29, 1.82) is 0 Å². The first-order valence-electron chi connectivity index (χ1n) is 12.9. The number of benzene rings is 3. The molecule has 43 heavy (non-hydrogen) atoms. The summed E-state index contributed by atoms with van der Waals surface area (Å²) in [6.07, 6.45) is -3.04. The van der Waals surface area contributed by atoms with Crippen LogP contribution >= 0.6 is 23.2 Å². The van der Waals surface area contributed by atoms with Crippen molar-refractivity contribution in [2.24, 2.45) is 0 Å². The number of hydrogen-bond acceptors (Lipinski definition) is 4. The smallest absolute Gasteiger partial charge is 0.416 e. The van der Waals surface area contributed by atoms with Crippen LogP contribution < -0.4 is 21.3 Å². The molecule has 0 radical (unpaired) electrons. The van der Waals surface area contributed by atoms with Crippen molar-refractivity contribution in [1.82, 2.24) is 21.3 Å². The lowest BCUT2D eigenvalue weighted by Crippen LogP contribution is -2.50. The summed E-state index contributed by atoms with van der Waals surface area (Å²) in [4.78, 5) is 49.8. The molecule has 4 amide bonds. The fourth-order valence-electron chi connectivity index (χ4n) is 4.60. The monoisotopic (exact) mass is 636 g/mol. The van der Waals surface area contributed by atoms with Gasteiger partial charge < -0.3 is 26.4 Å². The first-order valence-corrected chi connectivity index (χ1v) is 13.7. The van der Waals surface area contributed by atoms with Crippen molar-refractivity contribution < 1.29 is 37.5 Å². The van der Waals surface area contributed by atoms with Gasteiger partial charge in [-0.15, -0.1) is 0 Å². The summed E-state index contributed by atoms with van der Waals surface area (Å²) in [5, 5.41) is 19.0. The summed E-state index contributed by atoms with van der Waals surface area (Å²) in [6.45, 7) is -0.680. The number of nitrogens with one attached hydrogen (secondary N) is 4. The van der Waals surface area contributed by atoms with Crippen LogP contribution in [-0.4, -0.2) is 41.5 Å². The molecule has 0 saturated carbocycles. The number of carboxylic acid groups (broad SMARTS) is 1. The van der Waals surface area contributed by atoms with Gasteiger partial charge in [0.05, 0.1) is 33.8 Å². The zero-order valence-electron chi connectivity index (χ0n) is 22.2. The zero-order chi connectivity index (χ0) is 31.3. The van der Waals surface area contributed by atoms with Crippen LogP contribution in [0.15, 0.2) is 60.7 Å². The predicted molar refractivity (Wildman–Crippen MR) is 152 cm³/mol. The fourth-order valence-corrected chi connectivity index (χ4v) is 5.26. The lowest BCUT2D eigenvalue weighted by molar-refractivity contribution is -0.139. The Morgan fingerprint density at radius 3 is 2.30 bits per heavy atom. The second-order valence-corrected chi connectivity index (χ2v) is 10.5. The van der Waals surface area contributed by atoms with Gasteiger partial charge in [0.2, 0.25) is 0 Å². The molecule has 0 heterocycles. The number of carbonyl (C=O) groups is 4. The van der Waals surface area contributed by atoms with Crippen molar-refractivity contribution in [3.63, 3.8) is 0 Å². The zero-order valence-corrected chi connectivity index (χ0v) is 23.7. The summed E-state index contributed by atoms with van der Waals surface area (Å²) in [7, 11) is 0. The number of amides is 4. The maximum atomic E-state index is 12.9. The molecule has 1 aliphatic rings. The minimum absolute atomic E-state index is 0.0832. The number of urea groups is 1. The third-order valence-electron chi connectivity index (χ3n) is 6.75. The number of halogens is 5. The van der Waals surface area contributed by atoms with Crippen molar-refractivity contribution in [3.05, 3.63) is 104 Å². The Morgan fingerprint density at radius 1 is 0.930 bits per heavy atom. The van der Waals surface area contributed by atoms with Gasteiger partial charge in [0, 0.05) is 12.1 Å². The van der Waals surface area contributed by atoms with Gasteiger partial charge in [-0.05, 0) is 53.8 Å². The van der Waals surface area contributed by atoms with Crippen molar-refractivity contribution in [2.45, 2.75) is 37.6 Å². The molecule has 0 aliphatic heterocycles. The van der Waals surface area contributed by atoms with Crippen LogP contribution in [0.4, 0.5) is 18.0 Å². The van der Waals surface area contributed by atoms with Gasteiger partial charge >= 0.3 is 18.2 Å². The highest BCUT2D eigenvalue weighted by Crippen LogP contribution is 2.31. The molecule has 0 unspecified atom stereocenters. The minimum atomic E-state index is -4.54. The lowest BCUT2D eigenvalue weighted by atomic mass is 10.1. The highest BCUT2D eigenvalue weighted by Gasteiger charge is 2.30. The van der Waals surface area contributed by atoms with E-state index in [1.54, 1.807) is 0 Å². The van der Waals surface area contributed by atoms with Crippen LogP contribution in [0.1, 0.15) is 55.4 Å². The topological polar surface area (TPSA) is 137 Å². The Kier molecular flexibility index (Phi) is 9.82. The highest BCUT2D eigenvalue weighted by atomic mass is 35.5. The van der Waals surface area contributed by atoms with Crippen LogP contribution in [0.3, 0.4) is 0 Å². The van der Waals surface area contributed by atoms with E-state index in [-0.39, 0.29) is 39.3 Å².